The molecular formula is C19H18N4OS. The molecule has 6 heteroatoms. The highest BCUT2D eigenvalue weighted by molar-refractivity contribution is 7.07. The Morgan fingerprint density at radius 1 is 1.12 bits per heavy atom. The van der Waals surface area contributed by atoms with E-state index in [2.05, 4.69) is 22.4 Å². The summed E-state index contributed by atoms with van der Waals surface area (Å²) in [5, 5.41) is 8.99. The number of amides is 2. The monoisotopic (exact) mass is 350 g/mol. The maximum Gasteiger partial charge on any atom is 0.339 e. The van der Waals surface area contributed by atoms with Crippen LogP contribution in [0.2, 0.25) is 0 Å². The van der Waals surface area contributed by atoms with Crippen LogP contribution in [0, 0.1) is 0 Å². The second-order valence-corrected chi connectivity index (χ2v) is 6.05. The summed E-state index contributed by atoms with van der Waals surface area (Å²) < 4.78 is 2.01. The van der Waals surface area contributed by atoms with E-state index in [0.717, 1.165) is 11.3 Å². The third kappa shape index (κ3) is 4.24. The highest BCUT2D eigenvalue weighted by Crippen LogP contribution is 2.19. The number of rotatable bonds is 5. The van der Waals surface area contributed by atoms with E-state index in [-0.39, 0.29) is 6.03 Å². The predicted molar refractivity (Wildman–Crippen MR) is 102 cm³/mol. The van der Waals surface area contributed by atoms with Gasteiger partial charge in [0.2, 0.25) is 4.80 Å². The third-order valence-corrected chi connectivity index (χ3v) is 4.33. The Balaban J connectivity index is 1.82. The predicted octanol–water partition coefficient (Wildman–Crippen LogP) is 4.04. The third-order valence-electron chi connectivity index (χ3n) is 3.46. The molecule has 0 radical (unpaired) electrons. The summed E-state index contributed by atoms with van der Waals surface area (Å²) in [7, 11) is 0. The van der Waals surface area contributed by atoms with Crippen LogP contribution in [0.3, 0.4) is 0 Å². The van der Waals surface area contributed by atoms with E-state index >= 15 is 0 Å². The number of aromatic nitrogens is 1. The van der Waals surface area contributed by atoms with Crippen LogP contribution in [-0.2, 0) is 6.54 Å². The number of carbonyl (C=O) groups is 1. The highest BCUT2D eigenvalue weighted by atomic mass is 32.1. The van der Waals surface area contributed by atoms with Crippen molar-refractivity contribution in [3.05, 3.63) is 83.5 Å². The number of nitrogens with zero attached hydrogens (tertiary/aromatic N) is 2. The molecule has 0 unspecified atom stereocenters. The van der Waals surface area contributed by atoms with Gasteiger partial charge in [-0.1, -0.05) is 54.6 Å². The van der Waals surface area contributed by atoms with Gasteiger partial charge in [0.1, 0.15) is 0 Å². The van der Waals surface area contributed by atoms with Crippen molar-refractivity contribution in [2.24, 2.45) is 5.10 Å². The molecule has 0 spiro atoms. The standard InChI is InChI=1S/C19H18N4OS/c1-2-13-23-17(15-9-5-3-6-10-15)14-25-19(23)22-21-18(24)20-16-11-7-4-8-12-16/h2-12,14H,1,13H2,(H2,20,21,24)/b22-19-. The molecule has 0 aliphatic rings. The van der Waals surface area contributed by atoms with E-state index in [1.165, 1.54) is 11.3 Å². The van der Waals surface area contributed by atoms with Crippen LogP contribution < -0.4 is 15.5 Å². The van der Waals surface area contributed by atoms with Crippen LogP contribution in [-0.4, -0.2) is 10.6 Å². The summed E-state index contributed by atoms with van der Waals surface area (Å²) in [6.45, 7) is 4.41. The zero-order chi connectivity index (χ0) is 17.5. The van der Waals surface area contributed by atoms with Gasteiger partial charge in [0.25, 0.3) is 0 Å². The molecule has 0 saturated heterocycles. The van der Waals surface area contributed by atoms with Crippen molar-refractivity contribution < 1.29 is 4.79 Å². The van der Waals surface area contributed by atoms with Crippen LogP contribution in [0.15, 0.2) is 83.8 Å². The number of anilines is 1. The van der Waals surface area contributed by atoms with Crippen LogP contribution >= 0.6 is 11.3 Å². The van der Waals surface area contributed by atoms with Gasteiger partial charge in [-0.3, -0.25) is 0 Å². The minimum Gasteiger partial charge on any atom is -0.311 e. The van der Waals surface area contributed by atoms with Gasteiger partial charge in [-0.2, -0.15) is 0 Å². The van der Waals surface area contributed by atoms with Gasteiger partial charge in [-0.05, 0) is 17.7 Å². The molecule has 0 aliphatic heterocycles. The molecular weight excluding hydrogens is 332 g/mol. The fourth-order valence-electron chi connectivity index (χ4n) is 2.34. The quantitative estimate of drug-likeness (QED) is 0.529. The zero-order valence-corrected chi connectivity index (χ0v) is 14.4. The molecule has 5 nitrogen and oxygen atoms in total. The average Bonchev–Trinajstić information content (AvgIpc) is 3.05. The van der Waals surface area contributed by atoms with Crippen molar-refractivity contribution in [2.75, 3.05) is 5.32 Å². The van der Waals surface area contributed by atoms with Crippen molar-refractivity contribution in [3.8, 4) is 11.3 Å². The lowest BCUT2D eigenvalue weighted by Crippen LogP contribution is -2.28. The van der Waals surface area contributed by atoms with E-state index in [1.54, 1.807) is 0 Å². The summed E-state index contributed by atoms with van der Waals surface area (Å²) in [4.78, 5) is 12.7. The summed E-state index contributed by atoms with van der Waals surface area (Å²) in [5.74, 6) is 0. The minimum absolute atomic E-state index is 0.383. The molecule has 0 saturated carbocycles. The topological polar surface area (TPSA) is 58.4 Å². The molecule has 2 aromatic carbocycles. The second kappa shape index (κ2) is 8.12. The lowest BCUT2D eigenvalue weighted by molar-refractivity contribution is 0.252. The van der Waals surface area contributed by atoms with Crippen molar-refractivity contribution in [2.45, 2.75) is 6.54 Å². The Bertz CT molecular complexity index is 913. The van der Waals surface area contributed by atoms with Crippen LogP contribution in [0.1, 0.15) is 0 Å². The molecule has 126 valence electrons. The summed E-state index contributed by atoms with van der Waals surface area (Å²) in [6, 6.07) is 18.9. The highest BCUT2D eigenvalue weighted by Gasteiger charge is 2.07. The van der Waals surface area contributed by atoms with Crippen molar-refractivity contribution >= 4 is 23.1 Å². The van der Waals surface area contributed by atoms with Gasteiger partial charge in [0.05, 0.1) is 5.69 Å². The fourth-order valence-corrected chi connectivity index (χ4v) is 3.22. The summed E-state index contributed by atoms with van der Waals surface area (Å²) in [6.07, 6.45) is 1.81. The van der Waals surface area contributed by atoms with Crippen LogP contribution in [0.4, 0.5) is 10.5 Å². The SMILES string of the molecule is C=CCn1c(-c2ccccc2)cs/c1=N\NC(=O)Nc1ccccc1. The largest absolute Gasteiger partial charge is 0.339 e. The molecule has 3 aromatic rings. The molecule has 3 rings (SSSR count). The molecule has 1 aromatic heterocycles. The summed E-state index contributed by atoms with van der Waals surface area (Å²) in [5.41, 5.74) is 5.38. The zero-order valence-electron chi connectivity index (χ0n) is 13.6. The van der Waals surface area contributed by atoms with E-state index in [0.29, 0.717) is 17.0 Å². The van der Waals surface area contributed by atoms with Gasteiger partial charge in [-0.15, -0.1) is 23.0 Å². The van der Waals surface area contributed by atoms with Gasteiger partial charge < -0.3 is 9.88 Å². The molecule has 0 aliphatic carbocycles. The molecule has 1 heterocycles. The number of carbonyl (C=O) groups excluding carboxylic acids is 1. The Morgan fingerprint density at radius 2 is 1.80 bits per heavy atom. The van der Waals surface area contributed by atoms with Gasteiger partial charge in [-0.25, -0.2) is 10.2 Å². The van der Waals surface area contributed by atoms with E-state index in [4.69, 9.17) is 0 Å². The molecule has 0 bridgehead atoms. The Kier molecular flexibility index (Phi) is 5.43. The summed E-state index contributed by atoms with van der Waals surface area (Å²) >= 11 is 1.47. The molecule has 0 fully saturated rings. The van der Waals surface area contributed by atoms with E-state index in [1.807, 2.05) is 76.7 Å². The van der Waals surface area contributed by atoms with E-state index in [9.17, 15) is 4.79 Å². The maximum absolute atomic E-state index is 12.0. The Labute approximate surface area is 150 Å². The van der Waals surface area contributed by atoms with Crippen molar-refractivity contribution in [1.29, 1.82) is 0 Å². The van der Waals surface area contributed by atoms with Gasteiger partial charge >= 0.3 is 6.03 Å². The lowest BCUT2D eigenvalue weighted by atomic mass is 10.2. The fraction of sp³-hybridized carbons (Fsp3) is 0.0526. The first kappa shape index (κ1) is 16.7. The van der Waals surface area contributed by atoms with Crippen molar-refractivity contribution in [1.82, 2.24) is 9.99 Å². The van der Waals surface area contributed by atoms with Gasteiger partial charge in [0.15, 0.2) is 0 Å². The number of para-hydroxylation sites is 1. The first-order chi connectivity index (χ1) is 12.3. The number of benzene rings is 2. The first-order valence-corrected chi connectivity index (χ1v) is 8.66. The number of urea groups is 1. The number of hydrogen-bond acceptors (Lipinski definition) is 3. The average molecular weight is 350 g/mol. The van der Waals surface area contributed by atoms with Gasteiger partial charge in [0, 0.05) is 17.6 Å². The number of hydrogen-bond donors (Lipinski definition) is 2. The molecule has 0 atom stereocenters. The Morgan fingerprint density at radius 3 is 2.48 bits per heavy atom. The normalized spacial score (nSPS) is 11.1. The van der Waals surface area contributed by atoms with E-state index < -0.39 is 0 Å². The maximum atomic E-state index is 12.0. The first-order valence-electron chi connectivity index (χ1n) is 7.78. The Hall–Kier alpha value is -3.12. The second-order valence-electron chi connectivity index (χ2n) is 5.21. The molecule has 2 N–H and O–H groups in total. The minimum atomic E-state index is -0.383. The smallest absolute Gasteiger partial charge is 0.311 e. The number of nitrogens with one attached hydrogen (secondary N) is 2. The van der Waals surface area contributed by atoms with Crippen molar-refractivity contribution in [3.63, 3.8) is 0 Å². The molecule has 2 amide bonds. The molecule has 25 heavy (non-hydrogen) atoms. The number of allylic oxidation sites excluding steroid dienone is 1. The van der Waals surface area contributed by atoms with Crippen LogP contribution in [0.5, 0.6) is 0 Å². The van der Waals surface area contributed by atoms with Crippen LogP contribution in [0.25, 0.3) is 11.3 Å². The lowest BCUT2D eigenvalue weighted by Gasteiger charge is -2.07. The number of thiazole rings is 1.